The maximum absolute atomic E-state index is 12.7. The predicted molar refractivity (Wildman–Crippen MR) is 127 cm³/mol. The average molecular weight is 479 g/mol. The Balaban J connectivity index is 1.65. The minimum Gasteiger partial charge on any atom is -0.465 e. The highest BCUT2D eigenvalue weighted by atomic mass is 35.5. The number of rotatable bonds is 6. The zero-order chi connectivity index (χ0) is 23.4. The van der Waals surface area contributed by atoms with Crippen LogP contribution in [0.15, 0.2) is 24.3 Å². The number of nitrogens with zero attached hydrogens (tertiary/aromatic N) is 3. The van der Waals surface area contributed by atoms with Crippen LogP contribution in [0.1, 0.15) is 25.6 Å². The molecule has 8 nitrogen and oxygen atoms in total. The lowest BCUT2D eigenvalue weighted by Crippen LogP contribution is -2.48. The van der Waals surface area contributed by atoms with E-state index in [0.29, 0.717) is 20.5 Å². The largest absolute Gasteiger partial charge is 0.465 e. The molecule has 1 aliphatic heterocycles. The van der Waals surface area contributed by atoms with Crippen molar-refractivity contribution in [3.8, 4) is 0 Å². The molecule has 0 spiro atoms. The number of hydrogen-bond donors (Lipinski definition) is 1. The van der Waals surface area contributed by atoms with Gasteiger partial charge in [-0.1, -0.05) is 17.7 Å². The van der Waals surface area contributed by atoms with Crippen molar-refractivity contribution < 1.29 is 19.1 Å². The third-order valence-electron chi connectivity index (χ3n) is 5.30. The van der Waals surface area contributed by atoms with E-state index in [1.165, 1.54) is 12.0 Å². The van der Waals surface area contributed by atoms with Crippen LogP contribution in [-0.2, 0) is 9.53 Å². The van der Waals surface area contributed by atoms with Gasteiger partial charge in [0.1, 0.15) is 5.00 Å². The Labute approximate surface area is 196 Å². The van der Waals surface area contributed by atoms with E-state index in [1.807, 2.05) is 24.3 Å². The number of carbonyl (C=O) groups is 3. The van der Waals surface area contributed by atoms with Crippen molar-refractivity contribution in [2.45, 2.75) is 6.92 Å². The molecule has 1 aliphatic rings. The summed E-state index contributed by atoms with van der Waals surface area (Å²) in [7, 11) is 4.55. The van der Waals surface area contributed by atoms with Gasteiger partial charge in [-0.25, -0.2) is 4.79 Å². The smallest absolute Gasteiger partial charge is 0.341 e. The van der Waals surface area contributed by atoms with E-state index < -0.39 is 5.97 Å². The van der Waals surface area contributed by atoms with Crippen LogP contribution in [0.25, 0.3) is 0 Å². The summed E-state index contributed by atoms with van der Waals surface area (Å²) >= 11 is 7.18. The number of halogens is 1. The van der Waals surface area contributed by atoms with Crippen LogP contribution in [0.3, 0.4) is 0 Å². The number of nitrogens with one attached hydrogen (secondary N) is 1. The maximum Gasteiger partial charge on any atom is 0.341 e. The molecule has 1 N–H and O–H groups in total. The van der Waals surface area contributed by atoms with E-state index in [4.69, 9.17) is 16.3 Å². The molecule has 3 rings (SSSR count). The third-order valence-corrected chi connectivity index (χ3v) is 6.73. The standard InChI is InChI=1S/C22H27ClN4O4S/c1-14-18(22(30)31-4)20(32-19(14)21(29)25(2)3)24-17(28)13-26-8-10-27(11-9-26)16-7-5-6-15(23)12-16/h5-7,12H,8-11,13H2,1-4H3,(H,24,28). The highest BCUT2D eigenvalue weighted by Gasteiger charge is 2.27. The molecule has 2 amide bonds. The predicted octanol–water partition coefficient (Wildman–Crippen LogP) is 2.96. The molecule has 2 heterocycles. The first-order valence-electron chi connectivity index (χ1n) is 10.2. The molecule has 0 aliphatic carbocycles. The Morgan fingerprint density at radius 2 is 1.88 bits per heavy atom. The average Bonchev–Trinajstić information content (AvgIpc) is 3.08. The molecule has 0 unspecified atom stereocenters. The van der Waals surface area contributed by atoms with E-state index in [0.717, 1.165) is 43.2 Å². The number of piperazine rings is 1. The third kappa shape index (κ3) is 5.40. The molecule has 0 atom stereocenters. The summed E-state index contributed by atoms with van der Waals surface area (Å²) in [5.41, 5.74) is 1.80. The van der Waals surface area contributed by atoms with Crippen molar-refractivity contribution in [1.29, 1.82) is 0 Å². The van der Waals surface area contributed by atoms with Crippen molar-refractivity contribution in [3.63, 3.8) is 0 Å². The molecular formula is C22H27ClN4O4S. The molecule has 1 aromatic heterocycles. The number of anilines is 2. The van der Waals surface area contributed by atoms with Crippen molar-refractivity contribution in [3.05, 3.63) is 45.3 Å². The SMILES string of the molecule is COC(=O)c1c(NC(=O)CN2CCN(c3cccc(Cl)c3)CC2)sc(C(=O)N(C)C)c1C. The number of carbonyl (C=O) groups excluding carboxylic acids is 3. The minimum atomic E-state index is -0.581. The van der Waals surface area contributed by atoms with Gasteiger partial charge in [0, 0.05) is 51.0 Å². The normalized spacial score (nSPS) is 14.2. The number of ether oxygens (including phenoxy) is 1. The van der Waals surface area contributed by atoms with Gasteiger partial charge in [0.05, 0.1) is 24.1 Å². The lowest BCUT2D eigenvalue weighted by atomic mass is 10.1. The van der Waals surface area contributed by atoms with E-state index in [-0.39, 0.29) is 23.9 Å². The molecule has 1 fully saturated rings. The summed E-state index contributed by atoms with van der Waals surface area (Å²) < 4.78 is 4.87. The van der Waals surface area contributed by atoms with E-state index in [2.05, 4.69) is 15.1 Å². The van der Waals surface area contributed by atoms with Crippen molar-refractivity contribution in [2.24, 2.45) is 0 Å². The fourth-order valence-corrected chi connectivity index (χ4v) is 4.98. The van der Waals surface area contributed by atoms with Gasteiger partial charge in [-0.3, -0.25) is 14.5 Å². The second kappa shape index (κ2) is 10.3. The molecule has 0 radical (unpaired) electrons. The first-order valence-corrected chi connectivity index (χ1v) is 11.4. The van der Waals surface area contributed by atoms with Crippen LogP contribution in [0.5, 0.6) is 0 Å². The number of benzene rings is 1. The number of hydrogen-bond acceptors (Lipinski definition) is 7. The molecule has 0 bridgehead atoms. The summed E-state index contributed by atoms with van der Waals surface area (Å²) in [6, 6.07) is 7.73. The zero-order valence-corrected chi connectivity index (χ0v) is 20.2. The summed E-state index contributed by atoms with van der Waals surface area (Å²) in [6.45, 7) is 4.87. The Hall–Kier alpha value is -2.62. The Morgan fingerprint density at radius 1 is 1.19 bits per heavy atom. The Kier molecular flexibility index (Phi) is 7.76. The van der Waals surface area contributed by atoms with Gasteiger partial charge in [0.15, 0.2) is 0 Å². The number of thiophene rings is 1. The molecule has 0 saturated carbocycles. The highest BCUT2D eigenvalue weighted by molar-refractivity contribution is 7.18. The summed E-state index contributed by atoms with van der Waals surface area (Å²) in [6.07, 6.45) is 0. The fourth-order valence-electron chi connectivity index (χ4n) is 3.56. The topological polar surface area (TPSA) is 82.2 Å². The van der Waals surface area contributed by atoms with Crippen LogP contribution < -0.4 is 10.2 Å². The van der Waals surface area contributed by atoms with Crippen LogP contribution in [0.4, 0.5) is 10.7 Å². The van der Waals surface area contributed by atoms with Crippen LogP contribution in [-0.4, -0.2) is 81.5 Å². The summed E-state index contributed by atoms with van der Waals surface area (Å²) in [5, 5.41) is 3.85. The fraction of sp³-hybridized carbons (Fsp3) is 0.409. The second-order valence-corrected chi connectivity index (χ2v) is 9.20. The van der Waals surface area contributed by atoms with Crippen molar-refractivity contribution in [1.82, 2.24) is 9.80 Å². The first-order chi connectivity index (χ1) is 15.2. The zero-order valence-electron chi connectivity index (χ0n) is 18.6. The molecule has 1 aromatic carbocycles. The van der Waals surface area contributed by atoms with Crippen molar-refractivity contribution >= 4 is 51.4 Å². The maximum atomic E-state index is 12.7. The Morgan fingerprint density at radius 3 is 2.47 bits per heavy atom. The van der Waals surface area contributed by atoms with Gasteiger partial charge < -0.3 is 19.9 Å². The van der Waals surface area contributed by atoms with Gasteiger partial charge >= 0.3 is 5.97 Å². The number of esters is 1. The van der Waals surface area contributed by atoms with Crippen LogP contribution >= 0.6 is 22.9 Å². The van der Waals surface area contributed by atoms with Gasteiger partial charge in [0.25, 0.3) is 5.91 Å². The lowest BCUT2D eigenvalue weighted by molar-refractivity contribution is -0.117. The molecule has 1 saturated heterocycles. The number of amides is 2. The Bertz CT molecular complexity index is 1020. The molecular weight excluding hydrogens is 452 g/mol. The minimum absolute atomic E-state index is 0.192. The number of methoxy groups -OCH3 is 1. The van der Waals surface area contributed by atoms with E-state index in [1.54, 1.807) is 21.0 Å². The summed E-state index contributed by atoms with van der Waals surface area (Å²) in [5.74, 6) is -1.05. The molecule has 172 valence electrons. The quantitative estimate of drug-likeness (QED) is 0.643. The summed E-state index contributed by atoms with van der Waals surface area (Å²) in [4.78, 5) is 43.6. The van der Waals surface area contributed by atoms with Gasteiger partial charge in [-0.05, 0) is 30.7 Å². The molecule has 32 heavy (non-hydrogen) atoms. The van der Waals surface area contributed by atoms with Gasteiger partial charge in [-0.15, -0.1) is 11.3 Å². The lowest BCUT2D eigenvalue weighted by Gasteiger charge is -2.35. The molecule has 2 aromatic rings. The van der Waals surface area contributed by atoms with Crippen LogP contribution in [0, 0.1) is 6.92 Å². The van der Waals surface area contributed by atoms with E-state index in [9.17, 15) is 14.4 Å². The van der Waals surface area contributed by atoms with Gasteiger partial charge in [-0.2, -0.15) is 0 Å². The van der Waals surface area contributed by atoms with E-state index >= 15 is 0 Å². The first kappa shape index (κ1) is 24.0. The monoisotopic (exact) mass is 478 g/mol. The molecule has 10 heteroatoms. The van der Waals surface area contributed by atoms with Crippen LogP contribution in [0.2, 0.25) is 5.02 Å². The van der Waals surface area contributed by atoms with Crippen molar-refractivity contribution in [2.75, 3.05) is 64.1 Å². The van der Waals surface area contributed by atoms with Gasteiger partial charge in [0.2, 0.25) is 5.91 Å². The second-order valence-electron chi connectivity index (χ2n) is 7.74. The highest BCUT2D eigenvalue weighted by Crippen LogP contribution is 2.34.